The fourth-order valence-corrected chi connectivity index (χ4v) is 3.61. The van der Waals surface area contributed by atoms with Gasteiger partial charge in [0, 0.05) is 12.6 Å². The summed E-state index contributed by atoms with van der Waals surface area (Å²) in [5.74, 6) is -0.0412. The Morgan fingerprint density at radius 2 is 1.59 bits per heavy atom. The number of aryl methyl sites for hydroxylation is 4. The summed E-state index contributed by atoms with van der Waals surface area (Å²) in [6.45, 7) is 13.7. The van der Waals surface area contributed by atoms with E-state index in [1.807, 2.05) is 58.0 Å². The molecule has 1 N–H and O–H groups in total. The lowest BCUT2D eigenvalue weighted by Crippen LogP contribution is -2.37. The van der Waals surface area contributed by atoms with Gasteiger partial charge in [-0.25, -0.2) is 0 Å². The highest BCUT2D eigenvalue weighted by Gasteiger charge is 2.21. The number of nitrogens with zero attached hydrogens (tertiary/aromatic N) is 1. The SMILES string of the molecule is CC(=O)N(CC(=O)Nc1c(C)cccc1C(C)C)c1c(C)cc(C)cc1C. The Kier molecular flexibility index (Phi) is 6.42. The molecule has 0 radical (unpaired) electrons. The van der Waals surface area contributed by atoms with E-state index in [0.29, 0.717) is 5.92 Å². The molecule has 4 nitrogen and oxygen atoms in total. The predicted molar refractivity (Wildman–Crippen MR) is 113 cm³/mol. The number of carbonyl (C=O) groups excluding carboxylic acids is 2. The van der Waals surface area contributed by atoms with E-state index < -0.39 is 0 Å². The molecule has 4 heteroatoms. The zero-order valence-electron chi connectivity index (χ0n) is 17.4. The molecule has 144 valence electrons. The van der Waals surface area contributed by atoms with Crippen LogP contribution in [0.5, 0.6) is 0 Å². The minimum absolute atomic E-state index is 0.00799. The zero-order chi connectivity index (χ0) is 20.3. The van der Waals surface area contributed by atoms with Crippen LogP contribution < -0.4 is 10.2 Å². The van der Waals surface area contributed by atoms with Gasteiger partial charge in [0.25, 0.3) is 0 Å². The van der Waals surface area contributed by atoms with Gasteiger partial charge in [-0.2, -0.15) is 0 Å². The molecule has 0 saturated heterocycles. The van der Waals surface area contributed by atoms with E-state index >= 15 is 0 Å². The summed E-state index contributed by atoms with van der Waals surface area (Å²) in [6, 6.07) is 10.1. The second-order valence-electron chi connectivity index (χ2n) is 7.59. The van der Waals surface area contributed by atoms with E-state index in [2.05, 4.69) is 19.2 Å². The van der Waals surface area contributed by atoms with Crippen LogP contribution in [0.4, 0.5) is 11.4 Å². The third kappa shape index (κ3) is 4.76. The molecule has 0 aliphatic heterocycles. The number of hydrogen-bond donors (Lipinski definition) is 1. The number of hydrogen-bond acceptors (Lipinski definition) is 2. The first kappa shape index (κ1) is 20.7. The third-order valence-electron chi connectivity index (χ3n) is 4.78. The summed E-state index contributed by atoms with van der Waals surface area (Å²) in [4.78, 5) is 26.7. The summed E-state index contributed by atoms with van der Waals surface area (Å²) >= 11 is 0. The van der Waals surface area contributed by atoms with Gasteiger partial charge in [-0.05, 0) is 55.9 Å². The molecule has 2 rings (SSSR count). The maximum atomic E-state index is 12.8. The van der Waals surface area contributed by atoms with Gasteiger partial charge in [0.15, 0.2) is 0 Å². The van der Waals surface area contributed by atoms with Crippen molar-refractivity contribution in [3.8, 4) is 0 Å². The smallest absolute Gasteiger partial charge is 0.244 e. The minimum Gasteiger partial charge on any atom is -0.324 e. The lowest BCUT2D eigenvalue weighted by molar-refractivity contribution is -0.120. The highest BCUT2D eigenvalue weighted by Crippen LogP contribution is 2.29. The van der Waals surface area contributed by atoms with E-state index in [9.17, 15) is 9.59 Å². The first-order chi connectivity index (χ1) is 12.6. The second kappa shape index (κ2) is 8.38. The lowest BCUT2D eigenvalue weighted by atomic mass is 9.98. The van der Waals surface area contributed by atoms with Crippen LogP contribution in [0.2, 0.25) is 0 Å². The standard InChI is InChI=1S/C23H30N2O2/c1-14(2)20-10-8-9-16(4)22(20)24-21(27)13-25(19(7)26)23-17(5)11-15(3)12-18(23)6/h8-12,14H,13H2,1-7H3,(H,24,27). The van der Waals surface area contributed by atoms with E-state index in [4.69, 9.17) is 0 Å². The van der Waals surface area contributed by atoms with Crippen molar-refractivity contribution < 1.29 is 9.59 Å². The number of anilines is 2. The molecule has 0 aromatic heterocycles. The van der Waals surface area contributed by atoms with Crippen LogP contribution in [0, 0.1) is 27.7 Å². The number of nitrogens with one attached hydrogen (secondary N) is 1. The topological polar surface area (TPSA) is 49.4 Å². The average Bonchev–Trinajstić information content (AvgIpc) is 2.54. The molecular weight excluding hydrogens is 336 g/mol. The molecule has 0 bridgehead atoms. The highest BCUT2D eigenvalue weighted by molar-refractivity contribution is 6.03. The van der Waals surface area contributed by atoms with Gasteiger partial charge in [-0.1, -0.05) is 49.7 Å². The first-order valence-corrected chi connectivity index (χ1v) is 9.37. The van der Waals surface area contributed by atoms with Crippen LogP contribution in [-0.4, -0.2) is 18.4 Å². The molecule has 0 saturated carbocycles. The van der Waals surface area contributed by atoms with Crippen molar-refractivity contribution in [2.75, 3.05) is 16.8 Å². The summed E-state index contributed by atoms with van der Waals surface area (Å²) in [6.07, 6.45) is 0. The molecule has 2 aromatic carbocycles. The van der Waals surface area contributed by atoms with E-state index in [0.717, 1.165) is 39.2 Å². The van der Waals surface area contributed by atoms with Gasteiger partial charge in [0.2, 0.25) is 11.8 Å². The van der Waals surface area contributed by atoms with Crippen molar-refractivity contribution in [1.82, 2.24) is 0 Å². The first-order valence-electron chi connectivity index (χ1n) is 9.37. The maximum Gasteiger partial charge on any atom is 0.244 e. The lowest BCUT2D eigenvalue weighted by Gasteiger charge is -2.25. The molecule has 0 heterocycles. The van der Waals surface area contributed by atoms with Gasteiger partial charge < -0.3 is 10.2 Å². The number of amides is 2. The van der Waals surface area contributed by atoms with Crippen molar-refractivity contribution in [3.63, 3.8) is 0 Å². The highest BCUT2D eigenvalue weighted by atomic mass is 16.2. The molecular formula is C23H30N2O2. The second-order valence-corrected chi connectivity index (χ2v) is 7.59. The van der Waals surface area contributed by atoms with Crippen LogP contribution in [0.15, 0.2) is 30.3 Å². The number of carbonyl (C=O) groups is 2. The van der Waals surface area contributed by atoms with Crippen LogP contribution in [0.25, 0.3) is 0 Å². The van der Waals surface area contributed by atoms with E-state index in [-0.39, 0.29) is 18.4 Å². The Bertz CT molecular complexity index is 846. The molecule has 2 amide bonds. The molecule has 0 fully saturated rings. The quantitative estimate of drug-likeness (QED) is 0.806. The van der Waals surface area contributed by atoms with Crippen LogP contribution >= 0.6 is 0 Å². The molecule has 27 heavy (non-hydrogen) atoms. The van der Waals surface area contributed by atoms with Crippen molar-refractivity contribution in [1.29, 1.82) is 0 Å². The normalized spacial score (nSPS) is 10.8. The van der Waals surface area contributed by atoms with Crippen LogP contribution in [0.3, 0.4) is 0 Å². The maximum absolute atomic E-state index is 12.8. The largest absolute Gasteiger partial charge is 0.324 e. The summed E-state index contributed by atoms with van der Waals surface area (Å²) in [7, 11) is 0. The summed E-state index contributed by atoms with van der Waals surface area (Å²) in [5, 5.41) is 3.03. The Balaban J connectivity index is 2.32. The molecule has 0 atom stereocenters. The van der Waals surface area contributed by atoms with Crippen molar-refractivity contribution >= 4 is 23.2 Å². The molecule has 2 aromatic rings. The van der Waals surface area contributed by atoms with Gasteiger partial charge >= 0.3 is 0 Å². The number of para-hydroxylation sites is 1. The molecule has 0 spiro atoms. The zero-order valence-corrected chi connectivity index (χ0v) is 17.4. The Morgan fingerprint density at radius 3 is 2.11 bits per heavy atom. The Labute approximate surface area is 162 Å². The van der Waals surface area contributed by atoms with Gasteiger partial charge in [0.1, 0.15) is 6.54 Å². The van der Waals surface area contributed by atoms with Crippen molar-refractivity contribution in [2.24, 2.45) is 0 Å². The van der Waals surface area contributed by atoms with E-state index in [1.54, 1.807) is 4.90 Å². The molecule has 0 aliphatic rings. The number of rotatable bonds is 5. The third-order valence-corrected chi connectivity index (χ3v) is 4.78. The van der Waals surface area contributed by atoms with Gasteiger partial charge in [0.05, 0.1) is 5.69 Å². The van der Waals surface area contributed by atoms with E-state index in [1.165, 1.54) is 6.92 Å². The van der Waals surface area contributed by atoms with Crippen LogP contribution in [0.1, 0.15) is 54.5 Å². The number of benzene rings is 2. The summed E-state index contributed by atoms with van der Waals surface area (Å²) < 4.78 is 0. The fourth-order valence-electron chi connectivity index (χ4n) is 3.61. The molecule has 0 unspecified atom stereocenters. The van der Waals surface area contributed by atoms with Gasteiger partial charge in [-0.3, -0.25) is 9.59 Å². The van der Waals surface area contributed by atoms with Crippen LogP contribution in [-0.2, 0) is 9.59 Å². The van der Waals surface area contributed by atoms with Crippen molar-refractivity contribution in [3.05, 3.63) is 58.1 Å². The van der Waals surface area contributed by atoms with Gasteiger partial charge in [-0.15, -0.1) is 0 Å². The monoisotopic (exact) mass is 366 g/mol. The Hall–Kier alpha value is -2.62. The van der Waals surface area contributed by atoms with Crippen molar-refractivity contribution in [2.45, 2.75) is 54.4 Å². The predicted octanol–water partition coefficient (Wildman–Crippen LogP) is 5.04. The fraction of sp³-hybridized carbons (Fsp3) is 0.391. The minimum atomic E-state index is -0.194. The Morgan fingerprint density at radius 1 is 1.00 bits per heavy atom. The average molecular weight is 367 g/mol. The summed E-state index contributed by atoms with van der Waals surface area (Å²) in [5.41, 5.74) is 6.91. The molecule has 0 aliphatic carbocycles.